The second-order valence-electron chi connectivity index (χ2n) is 3.96. The molecule has 0 saturated carbocycles. The third kappa shape index (κ3) is 4.92. The van der Waals surface area contributed by atoms with Crippen molar-refractivity contribution in [1.82, 2.24) is 4.98 Å². The average molecular weight is 372 g/mol. The maximum atomic E-state index is 11.4. The maximum absolute atomic E-state index is 11.4. The topological polar surface area (TPSA) is 39.2 Å². The van der Waals surface area contributed by atoms with Gasteiger partial charge in [-0.2, -0.15) is 0 Å². The van der Waals surface area contributed by atoms with E-state index in [9.17, 15) is 4.79 Å². The van der Waals surface area contributed by atoms with E-state index in [0.717, 1.165) is 20.9 Å². The second-order valence-corrected chi connectivity index (χ2v) is 6.87. The molecule has 0 spiro atoms. The molecule has 106 valence electrons. The van der Waals surface area contributed by atoms with Gasteiger partial charge in [0.25, 0.3) is 0 Å². The van der Waals surface area contributed by atoms with E-state index in [0.29, 0.717) is 6.61 Å². The molecule has 0 aliphatic rings. The Balaban J connectivity index is 1.88. The number of ether oxygens (including phenoxy) is 1. The quantitative estimate of drug-likeness (QED) is 0.560. The van der Waals surface area contributed by atoms with Gasteiger partial charge in [0.05, 0.1) is 24.5 Å². The van der Waals surface area contributed by atoms with Crippen molar-refractivity contribution < 1.29 is 9.53 Å². The van der Waals surface area contributed by atoms with Gasteiger partial charge in [-0.15, -0.1) is 23.1 Å². The van der Waals surface area contributed by atoms with Gasteiger partial charge >= 0.3 is 5.97 Å². The molecule has 0 aliphatic heterocycles. The number of esters is 1. The standard InChI is InChI=1S/C14H14BrNO2S2/c1-2-18-14(17)7-11-8-20-13(16-11)9-19-12-5-3-4-10(15)6-12/h3-6,8H,2,7,9H2,1H3. The summed E-state index contributed by atoms with van der Waals surface area (Å²) < 4.78 is 5.99. The number of halogens is 1. The Labute approximate surface area is 134 Å². The first kappa shape index (κ1) is 15.5. The summed E-state index contributed by atoms with van der Waals surface area (Å²) in [5.74, 6) is 0.591. The van der Waals surface area contributed by atoms with Crippen molar-refractivity contribution >= 4 is 45.0 Å². The molecule has 1 heterocycles. The van der Waals surface area contributed by atoms with Crippen LogP contribution >= 0.6 is 39.0 Å². The van der Waals surface area contributed by atoms with Crippen LogP contribution in [0.15, 0.2) is 39.0 Å². The summed E-state index contributed by atoms with van der Waals surface area (Å²) >= 11 is 6.77. The first-order valence-electron chi connectivity index (χ1n) is 6.14. The Hall–Kier alpha value is -0.850. The molecule has 0 saturated heterocycles. The van der Waals surface area contributed by atoms with Gasteiger partial charge in [0.2, 0.25) is 0 Å². The highest BCUT2D eigenvalue weighted by molar-refractivity contribution is 9.10. The molecular weight excluding hydrogens is 358 g/mol. The number of hydrogen-bond donors (Lipinski definition) is 0. The summed E-state index contributed by atoms with van der Waals surface area (Å²) in [7, 11) is 0. The minimum Gasteiger partial charge on any atom is -0.466 e. The number of carbonyl (C=O) groups is 1. The first-order valence-corrected chi connectivity index (χ1v) is 8.80. The highest BCUT2D eigenvalue weighted by Gasteiger charge is 2.08. The van der Waals surface area contributed by atoms with Crippen LogP contribution in [0.1, 0.15) is 17.6 Å². The van der Waals surface area contributed by atoms with Crippen LogP contribution in [0, 0.1) is 0 Å². The number of thiazole rings is 1. The summed E-state index contributed by atoms with van der Waals surface area (Å²) in [6, 6.07) is 8.17. The summed E-state index contributed by atoms with van der Waals surface area (Å²) in [5.41, 5.74) is 0.790. The van der Waals surface area contributed by atoms with Gasteiger partial charge in [-0.25, -0.2) is 4.98 Å². The van der Waals surface area contributed by atoms with Gasteiger partial charge in [-0.3, -0.25) is 4.79 Å². The molecule has 0 atom stereocenters. The number of carbonyl (C=O) groups excluding carboxylic acids is 1. The third-order valence-corrected chi connectivity index (χ3v) is 4.97. The number of benzene rings is 1. The molecule has 2 rings (SSSR count). The number of nitrogens with zero attached hydrogens (tertiary/aromatic N) is 1. The molecule has 0 fully saturated rings. The zero-order valence-electron chi connectivity index (χ0n) is 11.0. The van der Waals surface area contributed by atoms with Gasteiger partial charge in [0.15, 0.2) is 0 Å². The van der Waals surface area contributed by atoms with E-state index < -0.39 is 0 Å². The lowest BCUT2D eigenvalue weighted by Gasteiger charge is -2.00. The molecule has 0 bridgehead atoms. The molecular formula is C14H14BrNO2S2. The molecule has 0 amide bonds. The zero-order chi connectivity index (χ0) is 14.4. The second kappa shape index (κ2) is 7.81. The van der Waals surface area contributed by atoms with Crippen molar-refractivity contribution in [2.24, 2.45) is 0 Å². The number of hydrogen-bond acceptors (Lipinski definition) is 5. The predicted octanol–water partition coefficient (Wildman–Crippen LogP) is 4.30. The lowest BCUT2D eigenvalue weighted by atomic mass is 10.3. The Kier molecular flexibility index (Phi) is 6.06. The van der Waals surface area contributed by atoms with Crippen LogP contribution in [0.25, 0.3) is 0 Å². The lowest BCUT2D eigenvalue weighted by molar-refractivity contribution is -0.142. The SMILES string of the molecule is CCOC(=O)Cc1csc(CSc2cccc(Br)c2)n1. The Morgan fingerprint density at radius 1 is 1.50 bits per heavy atom. The van der Waals surface area contributed by atoms with Crippen LogP contribution in [0.5, 0.6) is 0 Å². The predicted molar refractivity (Wildman–Crippen MR) is 86.2 cm³/mol. The van der Waals surface area contributed by atoms with Crippen molar-refractivity contribution in [1.29, 1.82) is 0 Å². The van der Waals surface area contributed by atoms with Crippen molar-refractivity contribution in [3.63, 3.8) is 0 Å². The van der Waals surface area contributed by atoms with Crippen LogP contribution in [0.3, 0.4) is 0 Å². The minimum atomic E-state index is -0.219. The number of aromatic nitrogens is 1. The monoisotopic (exact) mass is 371 g/mol. The van der Waals surface area contributed by atoms with Gasteiger partial charge in [-0.1, -0.05) is 22.0 Å². The van der Waals surface area contributed by atoms with Crippen LogP contribution < -0.4 is 0 Å². The summed E-state index contributed by atoms with van der Waals surface area (Å²) in [5, 5.41) is 2.95. The van der Waals surface area contributed by atoms with E-state index in [2.05, 4.69) is 33.0 Å². The van der Waals surface area contributed by atoms with Crippen LogP contribution in [-0.2, 0) is 21.7 Å². The average Bonchev–Trinajstić information content (AvgIpc) is 2.84. The van der Waals surface area contributed by atoms with E-state index in [1.165, 1.54) is 4.90 Å². The maximum Gasteiger partial charge on any atom is 0.311 e. The fraction of sp³-hybridized carbons (Fsp3) is 0.286. The highest BCUT2D eigenvalue weighted by atomic mass is 79.9. The Bertz CT molecular complexity index is 586. The molecule has 1 aromatic heterocycles. The Morgan fingerprint density at radius 3 is 3.10 bits per heavy atom. The Morgan fingerprint density at radius 2 is 2.35 bits per heavy atom. The molecule has 6 heteroatoms. The molecule has 0 radical (unpaired) electrons. The van der Waals surface area contributed by atoms with Crippen LogP contribution in [0.2, 0.25) is 0 Å². The van der Waals surface area contributed by atoms with E-state index in [1.807, 2.05) is 17.5 Å². The van der Waals surface area contributed by atoms with Gasteiger partial charge in [0.1, 0.15) is 5.01 Å². The van der Waals surface area contributed by atoms with Gasteiger partial charge < -0.3 is 4.74 Å². The van der Waals surface area contributed by atoms with Crippen LogP contribution in [-0.4, -0.2) is 17.6 Å². The molecule has 1 aromatic carbocycles. The van der Waals surface area contributed by atoms with Crippen molar-refractivity contribution in [3.8, 4) is 0 Å². The molecule has 0 aliphatic carbocycles. The number of rotatable bonds is 6. The van der Waals surface area contributed by atoms with E-state index in [1.54, 1.807) is 30.0 Å². The fourth-order valence-electron chi connectivity index (χ4n) is 1.56. The third-order valence-electron chi connectivity index (χ3n) is 2.39. The fourth-order valence-corrected chi connectivity index (χ4v) is 3.88. The zero-order valence-corrected chi connectivity index (χ0v) is 14.2. The summed E-state index contributed by atoms with van der Waals surface area (Å²) in [4.78, 5) is 17.0. The smallest absolute Gasteiger partial charge is 0.311 e. The van der Waals surface area contributed by atoms with Gasteiger partial charge in [-0.05, 0) is 25.1 Å². The largest absolute Gasteiger partial charge is 0.466 e. The van der Waals surface area contributed by atoms with Crippen molar-refractivity contribution in [2.75, 3.05) is 6.61 Å². The summed E-state index contributed by atoms with van der Waals surface area (Å²) in [6.45, 7) is 2.22. The molecule has 3 nitrogen and oxygen atoms in total. The van der Waals surface area contributed by atoms with Crippen molar-refractivity contribution in [2.45, 2.75) is 24.0 Å². The lowest BCUT2D eigenvalue weighted by Crippen LogP contribution is -2.07. The van der Waals surface area contributed by atoms with E-state index in [4.69, 9.17) is 4.74 Å². The normalized spacial score (nSPS) is 10.5. The molecule has 0 unspecified atom stereocenters. The van der Waals surface area contributed by atoms with Gasteiger partial charge in [0, 0.05) is 14.7 Å². The minimum absolute atomic E-state index is 0.219. The highest BCUT2D eigenvalue weighted by Crippen LogP contribution is 2.26. The van der Waals surface area contributed by atoms with Crippen LogP contribution in [0.4, 0.5) is 0 Å². The first-order chi connectivity index (χ1) is 9.67. The summed E-state index contributed by atoms with van der Waals surface area (Å²) in [6.07, 6.45) is 0.256. The molecule has 0 N–H and O–H groups in total. The molecule has 20 heavy (non-hydrogen) atoms. The van der Waals surface area contributed by atoms with E-state index in [-0.39, 0.29) is 12.4 Å². The molecule has 2 aromatic rings. The number of thioether (sulfide) groups is 1. The van der Waals surface area contributed by atoms with E-state index >= 15 is 0 Å². The van der Waals surface area contributed by atoms with Crippen molar-refractivity contribution in [3.05, 3.63) is 44.8 Å².